The van der Waals surface area contributed by atoms with Gasteiger partial charge in [0.2, 0.25) is 0 Å². The minimum Gasteiger partial charge on any atom is -0.378 e. The zero-order valence-electron chi connectivity index (χ0n) is 8.00. The molecular formula is C8H17NO2S. The highest BCUT2D eigenvalue weighted by Gasteiger charge is 2.31. The highest BCUT2D eigenvalue weighted by Crippen LogP contribution is 2.26. The van der Waals surface area contributed by atoms with Crippen LogP contribution in [0.3, 0.4) is 0 Å². The molecule has 1 saturated heterocycles. The summed E-state index contributed by atoms with van der Waals surface area (Å²) in [7, 11) is 1.50. The topological polar surface area (TPSA) is 38.7 Å². The summed E-state index contributed by atoms with van der Waals surface area (Å²) >= 11 is 0. The van der Waals surface area contributed by atoms with Crippen LogP contribution in [0.5, 0.6) is 0 Å². The fraction of sp³-hybridized carbons (Fsp3) is 1.00. The lowest BCUT2D eigenvalue weighted by atomic mass is 10.00. The summed E-state index contributed by atoms with van der Waals surface area (Å²) in [5.41, 5.74) is -0.0639. The Bertz CT molecular complexity index is 252. The van der Waals surface area contributed by atoms with Crippen molar-refractivity contribution < 1.29 is 8.95 Å². The van der Waals surface area contributed by atoms with Crippen LogP contribution in [0.25, 0.3) is 0 Å². The number of hydrogen-bond donors (Lipinski definition) is 0. The molecule has 0 bridgehead atoms. The van der Waals surface area contributed by atoms with E-state index in [0.717, 1.165) is 12.8 Å². The van der Waals surface area contributed by atoms with Crippen molar-refractivity contribution in [1.29, 1.82) is 0 Å². The SMILES string of the molecule is CN=S1(=O)CCC(C)(OC)CC1. The molecule has 0 atom stereocenters. The van der Waals surface area contributed by atoms with Crippen LogP contribution in [-0.4, -0.2) is 35.5 Å². The Hall–Kier alpha value is -0.0900. The van der Waals surface area contributed by atoms with Gasteiger partial charge in [0, 0.05) is 35.4 Å². The second kappa shape index (κ2) is 3.34. The van der Waals surface area contributed by atoms with Crippen molar-refractivity contribution in [1.82, 2.24) is 0 Å². The van der Waals surface area contributed by atoms with Crippen LogP contribution in [0.15, 0.2) is 4.36 Å². The van der Waals surface area contributed by atoms with Crippen molar-refractivity contribution in [2.45, 2.75) is 25.4 Å². The van der Waals surface area contributed by atoms with Gasteiger partial charge < -0.3 is 4.74 Å². The highest BCUT2D eigenvalue weighted by atomic mass is 32.2. The van der Waals surface area contributed by atoms with E-state index in [1.54, 1.807) is 14.2 Å². The van der Waals surface area contributed by atoms with E-state index in [-0.39, 0.29) is 5.60 Å². The second-order valence-electron chi connectivity index (χ2n) is 3.52. The number of rotatable bonds is 1. The third-order valence-corrected chi connectivity index (χ3v) is 5.07. The van der Waals surface area contributed by atoms with E-state index < -0.39 is 9.73 Å². The summed E-state index contributed by atoms with van der Waals surface area (Å²) in [6.45, 7) is 2.07. The predicted molar refractivity (Wildman–Crippen MR) is 50.9 cm³/mol. The minimum atomic E-state index is -1.86. The molecule has 0 aliphatic carbocycles. The van der Waals surface area contributed by atoms with Crippen molar-refractivity contribution in [3.63, 3.8) is 0 Å². The van der Waals surface area contributed by atoms with Crippen LogP contribution in [0.1, 0.15) is 19.8 Å². The van der Waals surface area contributed by atoms with Gasteiger partial charge in [-0.25, -0.2) is 8.57 Å². The van der Waals surface area contributed by atoms with Gasteiger partial charge in [-0.3, -0.25) is 0 Å². The molecule has 0 aromatic heterocycles. The zero-order valence-corrected chi connectivity index (χ0v) is 8.82. The standard InChI is InChI=1S/C8H17NO2S/c1-8(11-3)4-6-12(10,9-2)7-5-8/h4-7H2,1-3H3. The molecular weight excluding hydrogens is 174 g/mol. The molecule has 1 rings (SSSR count). The van der Waals surface area contributed by atoms with Crippen molar-refractivity contribution in [2.75, 3.05) is 25.7 Å². The molecule has 1 aliphatic heterocycles. The molecule has 0 radical (unpaired) electrons. The summed E-state index contributed by atoms with van der Waals surface area (Å²) in [5, 5.41) is 0. The van der Waals surface area contributed by atoms with E-state index in [2.05, 4.69) is 11.3 Å². The van der Waals surface area contributed by atoms with Gasteiger partial charge in [-0.1, -0.05) is 0 Å². The zero-order chi connectivity index (χ0) is 9.24. The summed E-state index contributed by atoms with van der Waals surface area (Å²) in [6, 6.07) is 0. The Kier molecular flexibility index (Phi) is 2.78. The van der Waals surface area contributed by atoms with E-state index >= 15 is 0 Å². The van der Waals surface area contributed by atoms with Gasteiger partial charge >= 0.3 is 0 Å². The molecule has 72 valence electrons. The quantitative estimate of drug-likeness (QED) is 0.626. The highest BCUT2D eigenvalue weighted by molar-refractivity contribution is 7.93. The van der Waals surface area contributed by atoms with Crippen LogP contribution in [-0.2, 0) is 14.5 Å². The molecule has 12 heavy (non-hydrogen) atoms. The van der Waals surface area contributed by atoms with Gasteiger partial charge in [-0.2, -0.15) is 0 Å². The number of ether oxygens (including phenoxy) is 1. The Labute approximate surface area is 74.7 Å². The number of hydrogen-bond acceptors (Lipinski definition) is 3. The predicted octanol–water partition coefficient (Wildman–Crippen LogP) is 1.28. The normalized spacial score (nSPS) is 42.6. The molecule has 0 spiro atoms. The molecule has 4 heteroatoms. The van der Waals surface area contributed by atoms with Gasteiger partial charge in [0.25, 0.3) is 0 Å². The second-order valence-corrected chi connectivity index (χ2v) is 6.24. The molecule has 0 aromatic carbocycles. The first-order valence-corrected chi connectivity index (χ1v) is 6.05. The van der Waals surface area contributed by atoms with E-state index in [1.807, 2.05) is 0 Å². The molecule has 3 nitrogen and oxygen atoms in total. The first-order chi connectivity index (χ1) is 5.54. The monoisotopic (exact) mass is 191 g/mol. The third-order valence-electron chi connectivity index (χ3n) is 2.73. The van der Waals surface area contributed by atoms with Gasteiger partial charge in [0.05, 0.1) is 5.60 Å². The smallest absolute Gasteiger partial charge is 0.0669 e. The number of methoxy groups -OCH3 is 1. The minimum absolute atomic E-state index is 0.0639. The molecule has 0 aromatic rings. The Morgan fingerprint density at radius 1 is 1.42 bits per heavy atom. The lowest BCUT2D eigenvalue weighted by Gasteiger charge is -2.33. The maximum Gasteiger partial charge on any atom is 0.0669 e. The van der Waals surface area contributed by atoms with Crippen LogP contribution < -0.4 is 0 Å². The molecule has 1 fully saturated rings. The molecule has 0 saturated carbocycles. The van der Waals surface area contributed by atoms with Crippen LogP contribution in [0.4, 0.5) is 0 Å². The lowest BCUT2D eigenvalue weighted by Crippen LogP contribution is -2.37. The average molecular weight is 191 g/mol. The summed E-state index contributed by atoms with van der Waals surface area (Å²) in [5.74, 6) is 1.38. The van der Waals surface area contributed by atoms with E-state index in [0.29, 0.717) is 11.5 Å². The average Bonchev–Trinajstić information content (AvgIpc) is 2.11. The number of nitrogens with zero attached hydrogens (tertiary/aromatic N) is 1. The summed E-state index contributed by atoms with van der Waals surface area (Å²) in [4.78, 5) is 0. The van der Waals surface area contributed by atoms with Crippen molar-refractivity contribution in [3.8, 4) is 0 Å². The van der Waals surface area contributed by atoms with Gasteiger partial charge in [-0.15, -0.1) is 0 Å². The fourth-order valence-corrected chi connectivity index (χ4v) is 3.44. The van der Waals surface area contributed by atoms with Crippen molar-refractivity contribution in [3.05, 3.63) is 0 Å². The van der Waals surface area contributed by atoms with Crippen LogP contribution in [0.2, 0.25) is 0 Å². The first kappa shape index (κ1) is 9.99. The molecule has 1 heterocycles. The Balaban J connectivity index is 2.68. The largest absolute Gasteiger partial charge is 0.378 e. The maximum absolute atomic E-state index is 11.8. The van der Waals surface area contributed by atoms with Crippen LogP contribution >= 0.6 is 0 Å². The molecule has 0 unspecified atom stereocenters. The summed E-state index contributed by atoms with van der Waals surface area (Å²) < 4.78 is 21.1. The van der Waals surface area contributed by atoms with E-state index in [9.17, 15) is 4.21 Å². The molecule has 0 N–H and O–H groups in total. The van der Waals surface area contributed by atoms with E-state index in [1.165, 1.54) is 0 Å². The molecule has 1 aliphatic rings. The van der Waals surface area contributed by atoms with Gasteiger partial charge in [0.15, 0.2) is 0 Å². The molecule has 0 amide bonds. The fourth-order valence-electron chi connectivity index (χ4n) is 1.36. The first-order valence-electron chi connectivity index (χ1n) is 4.19. The Morgan fingerprint density at radius 2 is 1.92 bits per heavy atom. The van der Waals surface area contributed by atoms with Crippen LogP contribution in [0, 0.1) is 0 Å². The maximum atomic E-state index is 11.8. The van der Waals surface area contributed by atoms with E-state index in [4.69, 9.17) is 4.74 Å². The van der Waals surface area contributed by atoms with Gasteiger partial charge in [-0.05, 0) is 19.8 Å². The Morgan fingerprint density at radius 3 is 2.25 bits per heavy atom. The lowest BCUT2D eigenvalue weighted by molar-refractivity contribution is -0.00131. The summed E-state index contributed by atoms with van der Waals surface area (Å²) in [6.07, 6.45) is 1.72. The van der Waals surface area contributed by atoms with Gasteiger partial charge in [0.1, 0.15) is 0 Å². The third kappa shape index (κ3) is 1.98. The van der Waals surface area contributed by atoms with Crippen molar-refractivity contribution >= 4 is 9.73 Å². The van der Waals surface area contributed by atoms with Crippen molar-refractivity contribution in [2.24, 2.45) is 4.36 Å².